The van der Waals surface area contributed by atoms with Crippen molar-refractivity contribution in [3.63, 3.8) is 0 Å². The van der Waals surface area contributed by atoms with E-state index in [1.807, 2.05) is 0 Å². The van der Waals surface area contributed by atoms with Gasteiger partial charge in [-0.25, -0.2) is 9.38 Å². The third-order valence-corrected chi connectivity index (χ3v) is 4.68. The normalized spacial score (nSPS) is 12.8. The number of aliphatic imine (C=N–C) groups is 1. The Morgan fingerprint density at radius 2 is 1.72 bits per heavy atom. The second-order valence-electron chi connectivity index (χ2n) is 6.33. The zero-order valence-corrected chi connectivity index (χ0v) is 16.5. The first-order chi connectivity index (χ1) is 13.9. The maximum atomic E-state index is 14.4. The summed E-state index contributed by atoms with van der Waals surface area (Å²) in [5.74, 6) is -3.70. The van der Waals surface area contributed by atoms with Crippen LogP contribution in [0.15, 0.2) is 70.2 Å². The van der Waals surface area contributed by atoms with E-state index in [-0.39, 0.29) is 18.6 Å². The van der Waals surface area contributed by atoms with Crippen molar-refractivity contribution in [2.75, 3.05) is 0 Å². The number of nitrogens with zero attached hydrogens (tertiary/aromatic N) is 1. The summed E-state index contributed by atoms with van der Waals surface area (Å²) in [5.41, 5.74) is 6.21. The molecule has 0 atom stereocenters. The van der Waals surface area contributed by atoms with Crippen LogP contribution in [0.25, 0.3) is 0 Å². The molecule has 0 aliphatic heterocycles. The number of halogens is 3. The zero-order chi connectivity index (χ0) is 21.3. The SMILES string of the molecule is NSc1ccc(N=C(/C=C(\N)C(F)(F)CCCCC=O)c2ccc(F)cc2)cc1. The van der Waals surface area contributed by atoms with Gasteiger partial charge in [-0.05, 0) is 79.4 Å². The molecule has 154 valence electrons. The van der Waals surface area contributed by atoms with E-state index in [4.69, 9.17) is 10.9 Å². The number of alkyl halides is 2. The monoisotopic (exact) mass is 421 g/mol. The smallest absolute Gasteiger partial charge is 0.287 e. The summed E-state index contributed by atoms with van der Waals surface area (Å²) in [4.78, 5) is 15.6. The van der Waals surface area contributed by atoms with Crippen LogP contribution < -0.4 is 10.9 Å². The lowest BCUT2D eigenvalue weighted by Gasteiger charge is -2.17. The van der Waals surface area contributed by atoms with Gasteiger partial charge in [0.25, 0.3) is 5.92 Å². The quantitative estimate of drug-likeness (QED) is 0.241. The standard InChI is InChI=1S/C21H22F3N3OS/c22-16-6-4-15(5-7-16)19(27-17-8-10-18(29-26)11-9-17)14-20(25)21(23,24)12-2-1-3-13-28/h4-11,13-14H,1-3,12,25-26H2/b20-14-,27-19?. The molecule has 0 saturated carbocycles. The molecule has 0 amide bonds. The number of rotatable bonds is 10. The van der Waals surface area contributed by atoms with Gasteiger partial charge in [-0.2, -0.15) is 8.78 Å². The number of hydrogen-bond donors (Lipinski definition) is 2. The third-order valence-electron chi connectivity index (χ3n) is 4.14. The Morgan fingerprint density at radius 3 is 2.31 bits per heavy atom. The Balaban J connectivity index is 2.35. The molecule has 0 spiro atoms. The van der Waals surface area contributed by atoms with Crippen LogP contribution in [0.3, 0.4) is 0 Å². The van der Waals surface area contributed by atoms with Gasteiger partial charge in [0.2, 0.25) is 0 Å². The largest absolute Gasteiger partial charge is 0.397 e. The molecule has 4 nitrogen and oxygen atoms in total. The zero-order valence-electron chi connectivity index (χ0n) is 15.7. The molecule has 0 heterocycles. The summed E-state index contributed by atoms with van der Waals surface area (Å²) in [6.07, 6.45) is 2.11. The van der Waals surface area contributed by atoms with E-state index in [1.165, 1.54) is 24.3 Å². The van der Waals surface area contributed by atoms with Gasteiger partial charge in [-0.15, -0.1) is 0 Å². The fourth-order valence-corrected chi connectivity index (χ4v) is 2.80. The Kier molecular flexibility index (Phi) is 8.48. The van der Waals surface area contributed by atoms with E-state index < -0.39 is 23.9 Å². The molecule has 2 aromatic rings. The van der Waals surface area contributed by atoms with Crippen LogP contribution in [0.4, 0.5) is 18.9 Å². The van der Waals surface area contributed by atoms with E-state index in [2.05, 4.69) is 4.99 Å². The summed E-state index contributed by atoms with van der Waals surface area (Å²) in [6.45, 7) is 0. The van der Waals surface area contributed by atoms with E-state index in [0.717, 1.165) is 22.9 Å². The molecular weight excluding hydrogens is 399 g/mol. The van der Waals surface area contributed by atoms with Crippen LogP contribution in [0.1, 0.15) is 31.2 Å². The molecule has 0 bridgehead atoms. The Bertz CT molecular complexity index is 866. The molecule has 2 aromatic carbocycles. The fraction of sp³-hybridized carbons (Fsp3) is 0.238. The summed E-state index contributed by atoms with van der Waals surface area (Å²) < 4.78 is 42.1. The average molecular weight is 421 g/mol. The molecule has 29 heavy (non-hydrogen) atoms. The Morgan fingerprint density at radius 1 is 1.07 bits per heavy atom. The van der Waals surface area contributed by atoms with Gasteiger partial charge in [0, 0.05) is 23.3 Å². The lowest BCUT2D eigenvalue weighted by molar-refractivity contribution is -0.108. The van der Waals surface area contributed by atoms with Gasteiger partial charge < -0.3 is 10.5 Å². The molecule has 0 unspecified atom stereocenters. The predicted octanol–water partition coefficient (Wildman–Crippen LogP) is 5.15. The Hall–Kier alpha value is -2.58. The summed E-state index contributed by atoms with van der Waals surface area (Å²) in [5, 5.41) is 5.50. The van der Waals surface area contributed by atoms with Crippen molar-refractivity contribution in [3.05, 3.63) is 71.7 Å². The van der Waals surface area contributed by atoms with Crippen molar-refractivity contribution in [1.82, 2.24) is 0 Å². The minimum Gasteiger partial charge on any atom is -0.397 e. The van der Waals surface area contributed by atoms with Crippen LogP contribution >= 0.6 is 11.9 Å². The number of aldehydes is 1. The molecular formula is C21H22F3N3OS. The lowest BCUT2D eigenvalue weighted by atomic mass is 10.0. The van der Waals surface area contributed by atoms with E-state index in [0.29, 0.717) is 24.0 Å². The second-order valence-corrected chi connectivity index (χ2v) is 7.04. The van der Waals surface area contributed by atoms with Crippen LogP contribution in [0, 0.1) is 5.82 Å². The Labute approximate surface area is 172 Å². The van der Waals surface area contributed by atoms with Crippen LogP contribution in [0.2, 0.25) is 0 Å². The average Bonchev–Trinajstić information content (AvgIpc) is 2.72. The number of carbonyl (C=O) groups is 1. The van der Waals surface area contributed by atoms with Crippen LogP contribution in [-0.2, 0) is 4.79 Å². The van der Waals surface area contributed by atoms with Crippen molar-refractivity contribution >= 4 is 29.6 Å². The van der Waals surface area contributed by atoms with Crippen molar-refractivity contribution < 1.29 is 18.0 Å². The van der Waals surface area contributed by atoms with E-state index >= 15 is 0 Å². The van der Waals surface area contributed by atoms with Gasteiger partial charge in [-0.3, -0.25) is 5.14 Å². The highest BCUT2D eigenvalue weighted by atomic mass is 32.2. The maximum Gasteiger partial charge on any atom is 0.287 e. The van der Waals surface area contributed by atoms with Gasteiger partial charge in [-0.1, -0.05) is 0 Å². The van der Waals surface area contributed by atoms with Gasteiger partial charge >= 0.3 is 0 Å². The molecule has 0 aliphatic carbocycles. The van der Waals surface area contributed by atoms with E-state index in [9.17, 15) is 18.0 Å². The first-order valence-corrected chi connectivity index (χ1v) is 9.84. The highest BCUT2D eigenvalue weighted by Crippen LogP contribution is 2.28. The summed E-state index contributed by atoms with van der Waals surface area (Å²) in [6, 6.07) is 12.2. The first-order valence-electron chi connectivity index (χ1n) is 8.96. The topological polar surface area (TPSA) is 81.5 Å². The molecule has 0 radical (unpaired) electrons. The number of hydrogen-bond acceptors (Lipinski definition) is 5. The number of benzene rings is 2. The highest BCUT2D eigenvalue weighted by Gasteiger charge is 2.32. The molecule has 8 heteroatoms. The first kappa shape index (κ1) is 22.7. The summed E-state index contributed by atoms with van der Waals surface area (Å²) >= 11 is 1.08. The molecule has 0 aliphatic rings. The highest BCUT2D eigenvalue weighted by molar-refractivity contribution is 7.97. The predicted molar refractivity (Wildman–Crippen MR) is 111 cm³/mol. The molecule has 4 N–H and O–H groups in total. The van der Waals surface area contributed by atoms with Crippen molar-refractivity contribution in [2.45, 2.75) is 36.5 Å². The minimum absolute atomic E-state index is 0.168. The maximum absolute atomic E-state index is 14.4. The molecule has 2 rings (SSSR count). The molecule has 0 saturated heterocycles. The van der Waals surface area contributed by atoms with Gasteiger partial charge in [0.15, 0.2) is 0 Å². The van der Waals surface area contributed by atoms with Gasteiger partial charge in [0.05, 0.1) is 17.1 Å². The lowest BCUT2D eigenvalue weighted by Crippen LogP contribution is -2.26. The number of nitrogens with two attached hydrogens (primary N) is 2. The van der Waals surface area contributed by atoms with Crippen molar-refractivity contribution in [3.8, 4) is 0 Å². The second kappa shape index (κ2) is 10.8. The van der Waals surface area contributed by atoms with Crippen molar-refractivity contribution in [2.24, 2.45) is 15.9 Å². The summed E-state index contributed by atoms with van der Waals surface area (Å²) in [7, 11) is 0. The number of allylic oxidation sites excluding steroid dienone is 2. The molecule has 0 aromatic heterocycles. The van der Waals surface area contributed by atoms with Crippen LogP contribution in [-0.4, -0.2) is 17.9 Å². The number of unbranched alkanes of at least 4 members (excludes halogenated alkanes) is 2. The molecule has 0 fully saturated rings. The van der Waals surface area contributed by atoms with Crippen LogP contribution in [0.5, 0.6) is 0 Å². The minimum atomic E-state index is -3.25. The fourth-order valence-electron chi connectivity index (χ4n) is 2.51. The number of carbonyl (C=O) groups excluding carboxylic acids is 1. The van der Waals surface area contributed by atoms with Crippen molar-refractivity contribution in [1.29, 1.82) is 0 Å². The third kappa shape index (κ3) is 7.07. The van der Waals surface area contributed by atoms with E-state index in [1.54, 1.807) is 24.3 Å². The van der Waals surface area contributed by atoms with Gasteiger partial charge in [0.1, 0.15) is 12.1 Å².